The van der Waals surface area contributed by atoms with E-state index in [0.29, 0.717) is 0 Å². The Morgan fingerprint density at radius 2 is 1.27 bits per heavy atom. The van der Waals surface area contributed by atoms with Gasteiger partial charge in [-0.05, 0) is 61.0 Å². The van der Waals surface area contributed by atoms with Crippen LogP contribution in [0.1, 0.15) is 5.56 Å². The molecular weight excluding hydrogens is 324 g/mol. The van der Waals surface area contributed by atoms with Gasteiger partial charge in [0, 0.05) is 16.5 Å². The second-order valence-electron chi connectivity index (χ2n) is 6.26. The molecule has 26 heavy (non-hydrogen) atoms. The summed E-state index contributed by atoms with van der Waals surface area (Å²) in [5.74, 6) is 2.52. The number of benzene rings is 3. The van der Waals surface area contributed by atoms with Crippen molar-refractivity contribution in [3.63, 3.8) is 0 Å². The average molecular weight is 344 g/mol. The number of ether oxygens (including phenoxy) is 2. The zero-order valence-electron chi connectivity index (χ0n) is 15.1. The molecule has 3 nitrogen and oxygen atoms in total. The maximum absolute atomic E-state index is 6.25. The molecule has 0 radical (unpaired) electrons. The van der Waals surface area contributed by atoms with E-state index in [-0.39, 0.29) is 0 Å². The van der Waals surface area contributed by atoms with Gasteiger partial charge in [-0.2, -0.15) is 0 Å². The smallest absolute Gasteiger partial charge is 0.143 e. The highest BCUT2D eigenvalue weighted by molar-refractivity contribution is 6.02. The van der Waals surface area contributed by atoms with E-state index in [1.165, 1.54) is 5.56 Å². The standard InChI is InChI=1S/C23H20O3/c1-15-4-13-21-20(14-15)22(16-5-9-18(24-2)10-6-16)23(26-21)17-7-11-19(25-3)12-8-17/h4-14H,1-3H3. The van der Waals surface area contributed by atoms with Crippen LogP contribution in [0.15, 0.2) is 71.1 Å². The third-order valence-electron chi connectivity index (χ3n) is 4.57. The predicted octanol–water partition coefficient (Wildman–Crippen LogP) is 6.09. The fourth-order valence-corrected chi connectivity index (χ4v) is 3.20. The number of fused-ring (bicyclic) bond motifs is 1. The van der Waals surface area contributed by atoms with Gasteiger partial charge < -0.3 is 13.9 Å². The summed E-state index contributed by atoms with van der Waals surface area (Å²) in [5.41, 5.74) is 5.30. The first-order valence-electron chi connectivity index (χ1n) is 8.51. The van der Waals surface area contributed by atoms with Crippen molar-refractivity contribution < 1.29 is 13.9 Å². The Morgan fingerprint density at radius 3 is 1.85 bits per heavy atom. The van der Waals surface area contributed by atoms with E-state index in [9.17, 15) is 0 Å². The molecule has 1 aromatic heterocycles. The SMILES string of the molecule is COc1ccc(-c2oc3ccc(C)cc3c2-c2ccc(OC)cc2)cc1. The summed E-state index contributed by atoms with van der Waals surface area (Å²) < 4.78 is 16.8. The predicted molar refractivity (Wildman–Crippen MR) is 105 cm³/mol. The molecule has 0 aliphatic carbocycles. The van der Waals surface area contributed by atoms with E-state index >= 15 is 0 Å². The first-order chi connectivity index (χ1) is 12.7. The molecule has 0 unspecified atom stereocenters. The highest BCUT2D eigenvalue weighted by Crippen LogP contribution is 2.41. The van der Waals surface area contributed by atoms with Crippen LogP contribution in [0, 0.1) is 6.92 Å². The van der Waals surface area contributed by atoms with Crippen LogP contribution in [-0.4, -0.2) is 14.2 Å². The molecule has 3 heteroatoms. The lowest BCUT2D eigenvalue weighted by Crippen LogP contribution is -1.85. The fraction of sp³-hybridized carbons (Fsp3) is 0.130. The number of methoxy groups -OCH3 is 2. The normalized spacial score (nSPS) is 10.9. The van der Waals surface area contributed by atoms with Crippen LogP contribution in [0.3, 0.4) is 0 Å². The van der Waals surface area contributed by atoms with Crippen molar-refractivity contribution in [1.82, 2.24) is 0 Å². The van der Waals surface area contributed by atoms with E-state index in [0.717, 1.165) is 44.9 Å². The van der Waals surface area contributed by atoms with E-state index in [1.54, 1.807) is 14.2 Å². The molecule has 0 aliphatic rings. The fourth-order valence-electron chi connectivity index (χ4n) is 3.20. The number of rotatable bonds is 4. The molecule has 0 amide bonds. The molecule has 0 saturated heterocycles. The molecule has 4 rings (SSSR count). The summed E-state index contributed by atoms with van der Waals surface area (Å²) in [4.78, 5) is 0. The van der Waals surface area contributed by atoms with E-state index < -0.39 is 0 Å². The average Bonchev–Trinajstić information content (AvgIpc) is 3.06. The monoisotopic (exact) mass is 344 g/mol. The van der Waals surface area contributed by atoms with Gasteiger partial charge in [0.25, 0.3) is 0 Å². The first kappa shape index (κ1) is 16.3. The Kier molecular flexibility index (Phi) is 4.13. The van der Waals surface area contributed by atoms with Gasteiger partial charge in [0.2, 0.25) is 0 Å². The van der Waals surface area contributed by atoms with Crippen LogP contribution >= 0.6 is 0 Å². The van der Waals surface area contributed by atoms with Gasteiger partial charge in [-0.1, -0.05) is 23.8 Å². The Balaban J connectivity index is 1.96. The number of aryl methyl sites for hydroxylation is 1. The topological polar surface area (TPSA) is 31.6 Å². The van der Waals surface area contributed by atoms with Crippen molar-refractivity contribution in [2.24, 2.45) is 0 Å². The minimum atomic E-state index is 0.826. The zero-order valence-corrected chi connectivity index (χ0v) is 15.1. The minimum absolute atomic E-state index is 0.826. The Morgan fingerprint density at radius 1 is 0.692 bits per heavy atom. The summed E-state index contributed by atoms with van der Waals surface area (Å²) in [6, 6.07) is 22.3. The van der Waals surface area contributed by atoms with Crippen molar-refractivity contribution >= 4 is 11.0 Å². The number of furan rings is 1. The lowest BCUT2D eigenvalue weighted by Gasteiger charge is -2.07. The van der Waals surface area contributed by atoms with Crippen molar-refractivity contribution in [1.29, 1.82) is 0 Å². The van der Waals surface area contributed by atoms with Crippen LogP contribution in [0.5, 0.6) is 11.5 Å². The highest BCUT2D eigenvalue weighted by atomic mass is 16.5. The van der Waals surface area contributed by atoms with Crippen molar-refractivity contribution in [3.05, 3.63) is 72.3 Å². The molecule has 0 saturated carbocycles. The second kappa shape index (κ2) is 6.60. The molecular formula is C23H20O3. The van der Waals surface area contributed by atoms with Crippen LogP contribution in [-0.2, 0) is 0 Å². The summed E-state index contributed by atoms with van der Waals surface area (Å²) in [5, 5.41) is 1.11. The minimum Gasteiger partial charge on any atom is -0.497 e. The van der Waals surface area contributed by atoms with Gasteiger partial charge in [0.1, 0.15) is 22.8 Å². The Hall–Kier alpha value is -3.20. The lowest BCUT2D eigenvalue weighted by molar-refractivity contribution is 0.414. The molecule has 0 N–H and O–H groups in total. The van der Waals surface area contributed by atoms with Crippen LogP contribution in [0.25, 0.3) is 33.4 Å². The number of hydrogen-bond donors (Lipinski definition) is 0. The summed E-state index contributed by atoms with van der Waals surface area (Å²) in [6.07, 6.45) is 0. The van der Waals surface area contributed by atoms with Gasteiger partial charge in [-0.3, -0.25) is 0 Å². The molecule has 0 fully saturated rings. The van der Waals surface area contributed by atoms with Gasteiger partial charge in [-0.15, -0.1) is 0 Å². The summed E-state index contributed by atoms with van der Waals surface area (Å²) >= 11 is 0. The third kappa shape index (κ3) is 2.82. The van der Waals surface area contributed by atoms with Crippen LogP contribution < -0.4 is 9.47 Å². The number of hydrogen-bond acceptors (Lipinski definition) is 3. The Labute approximate surface area is 152 Å². The van der Waals surface area contributed by atoms with E-state index in [1.807, 2.05) is 42.5 Å². The van der Waals surface area contributed by atoms with E-state index in [2.05, 4.69) is 31.2 Å². The zero-order chi connectivity index (χ0) is 18.1. The summed E-state index contributed by atoms with van der Waals surface area (Å²) in [7, 11) is 3.34. The first-order valence-corrected chi connectivity index (χ1v) is 8.51. The van der Waals surface area contributed by atoms with E-state index in [4.69, 9.17) is 13.9 Å². The molecule has 0 aliphatic heterocycles. The molecule has 0 spiro atoms. The maximum Gasteiger partial charge on any atom is 0.143 e. The molecule has 130 valence electrons. The largest absolute Gasteiger partial charge is 0.497 e. The van der Waals surface area contributed by atoms with Crippen molar-refractivity contribution in [2.45, 2.75) is 6.92 Å². The van der Waals surface area contributed by atoms with Crippen LogP contribution in [0.2, 0.25) is 0 Å². The molecule has 0 atom stereocenters. The summed E-state index contributed by atoms with van der Waals surface area (Å²) in [6.45, 7) is 2.09. The van der Waals surface area contributed by atoms with Gasteiger partial charge in [-0.25, -0.2) is 0 Å². The Bertz CT molecular complexity index is 1040. The molecule has 1 heterocycles. The van der Waals surface area contributed by atoms with Crippen molar-refractivity contribution in [3.8, 4) is 33.9 Å². The molecule has 4 aromatic rings. The quantitative estimate of drug-likeness (QED) is 0.449. The van der Waals surface area contributed by atoms with Gasteiger partial charge in [0.15, 0.2) is 0 Å². The van der Waals surface area contributed by atoms with Gasteiger partial charge >= 0.3 is 0 Å². The lowest BCUT2D eigenvalue weighted by atomic mass is 9.98. The van der Waals surface area contributed by atoms with Crippen LogP contribution in [0.4, 0.5) is 0 Å². The third-order valence-corrected chi connectivity index (χ3v) is 4.57. The maximum atomic E-state index is 6.25. The second-order valence-corrected chi connectivity index (χ2v) is 6.26. The van der Waals surface area contributed by atoms with Gasteiger partial charge in [0.05, 0.1) is 14.2 Å². The highest BCUT2D eigenvalue weighted by Gasteiger charge is 2.18. The van der Waals surface area contributed by atoms with Crippen molar-refractivity contribution in [2.75, 3.05) is 14.2 Å². The molecule has 0 bridgehead atoms. The molecule has 3 aromatic carbocycles.